The molecule has 1 saturated heterocycles. The van der Waals surface area contributed by atoms with E-state index in [1.54, 1.807) is 0 Å². The zero-order valence-electron chi connectivity index (χ0n) is 15.7. The van der Waals surface area contributed by atoms with Gasteiger partial charge in [-0.05, 0) is 67.9 Å². The van der Waals surface area contributed by atoms with Gasteiger partial charge in [-0.25, -0.2) is 0 Å². The summed E-state index contributed by atoms with van der Waals surface area (Å²) in [6, 6.07) is 8.31. The molecule has 1 atom stereocenters. The molecule has 0 bridgehead atoms. The zero-order valence-corrected chi connectivity index (χ0v) is 15.7. The summed E-state index contributed by atoms with van der Waals surface area (Å²) in [6.07, 6.45) is 5.74. The second-order valence-corrected chi connectivity index (χ2v) is 7.54. The minimum absolute atomic E-state index is 0.0909. The Balaban J connectivity index is 2.17. The van der Waals surface area contributed by atoms with Crippen molar-refractivity contribution in [2.75, 3.05) is 19.6 Å². The van der Waals surface area contributed by atoms with E-state index in [1.165, 1.54) is 32.4 Å². The Labute approximate surface area is 152 Å². The van der Waals surface area contributed by atoms with Crippen molar-refractivity contribution in [3.05, 3.63) is 34.9 Å². The van der Waals surface area contributed by atoms with Crippen LogP contribution in [-0.4, -0.2) is 34.7 Å². The van der Waals surface area contributed by atoms with Crippen LogP contribution in [0, 0.1) is 17.2 Å². The number of piperidine rings is 1. The number of likely N-dealkylation sites (tertiary alicyclic amines) is 1. The Morgan fingerprint density at radius 1 is 1.12 bits per heavy atom. The van der Waals surface area contributed by atoms with Crippen molar-refractivity contribution in [1.29, 1.82) is 5.26 Å². The van der Waals surface area contributed by atoms with Gasteiger partial charge in [0.15, 0.2) is 0 Å². The van der Waals surface area contributed by atoms with E-state index in [9.17, 15) is 15.5 Å². The first-order chi connectivity index (χ1) is 12.1. The van der Waals surface area contributed by atoms with Crippen molar-refractivity contribution >= 4 is 0 Å². The van der Waals surface area contributed by atoms with Crippen LogP contribution < -0.4 is 0 Å². The van der Waals surface area contributed by atoms with Gasteiger partial charge in [-0.1, -0.05) is 38.5 Å². The molecule has 4 heteroatoms. The largest absolute Gasteiger partial charge is 0.392 e. The molecular formula is C21H32N2O2. The van der Waals surface area contributed by atoms with E-state index in [2.05, 4.69) is 24.8 Å². The summed E-state index contributed by atoms with van der Waals surface area (Å²) in [4.78, 5) is 2.51. The van der Waals surface area contributed by atoms with E-state index in [1.807, 2.05) is 18.2 Å². The molecule has 2 rings (SSSR count). The summed E-state index contributed by atoms with van der Waals surface area (Å²) >= 11 is 0. The average Bonchev–Trinajstić information content (AvgIpc) is 2.65. The highest BCUT2D eigenvalue weighted by Crippen LogP contribution is 2.37. The third-order valence-corrected chi connectivity index (χ3v) is 5.74. The van der Waals surface area contributed by atoms with Crippen LogP contribution in [0.1, 0.15) is 62.6 Å². The Morgan fingerprint density at radius 2 is 1.80 bits per heavy atom. The number of hydrogen-bond donors (Lipinski definition) is 2. The summed E-state index contributed by atoms with van der Waals surface area (Å²) in [6.45, 7) is 7.41. The lowest BCUT2D eigenvalue weighted by molar-refractivity contribution is 0.215. The molecule has 1 aromatic rings. The van der Waals surface area contributed by atoms with E-state index in [0.717, 1.165) is 36.1 Å². The first-order valence-electron chi connectivity index (χ1n) is 9.55. The maximum atomic E-state index is 10.1. The van der Waals surface area contributed by atoms with Crippen LogP contribution in [0.25, 0.3) is 0 Å². The molecule has 1 aromatic carbocycles. The Hall–Kier alpha value is -1.41. The summed E-state index contributed by atoms with van der Waals surface area (Å²) in [5, 5.41) is 29.1. The SMILES string of the molecule is CC(C)C(C#N)(CCCN1CCCCC1)c1ccc(CO)c(CO)c1. The summed E-state index contributed by atoms with van der Waals surface area (Å²) in [7, 11) is 0. The third kappa shape index (κ3) is 4.61. The van der Waals surface area contributed by atoms with Crippen LogP contribution in [0.5, 0.6) is 0 Å². The molecular weight excluding hydrogens is 312 g/mol. The van der Waals surface area contributed by atoms with Crippen LogP contribution in [0.3, 0.4) is 0 Å². The molecule has 0 aliphatic carbocycles. The zero-order chi connectivity index (χ0) is 18.3. The third-order valence-electron chi connectivity index (χ3n) is 5.74. The van der Waals surface area contributed by atoms with Gasteiger partial charge in [0, 0.05) is 0 Å². The molecule has 0 radical (unpaired) electrons. The second kappa shape index (κ2) is 9.33. The Bertz CT molecular complexity index is 588. The van der Waals surface area contributed by atoms with Gasteiger partial charge in [-0.2, -0.15) is 5.26 Å². The van der Waals surface area contributed by atoms with Crippen molar-refractivity contribution in [3.63, 3.8) is 0 Å². The smallest absolute Gasteiger partial charge is 0.0845 e. The number of nitrogens with zero attached hydrogens (tertiary/aromatic N) is 2. The lowest BCUT2D eigenvalue weighted by Gasteiger charge is -2.33. The summed E-state index contributed by atoms with van der Waals surface area (Å²) < 4.78 is 0. The van der Waals surface area contributed by atoms with Crippen LogP contribution in [0.15, 0.2) is 18.2 Å². The summed E-state index contributed by atoms with van der Waals surface area (Å²) in [5.74, 6) is 0.186. The fourth-order valence-electron chi connectivity index (χ4n) is 3.99. The van der Waals surface area contributed by atoms with Gasteiger partial charge in [-0.15, -0.1) is 0 Å². The molecule has 1 heterocycles. The molecule has 0 saturated carbocycles. The predicted molar refractivity (Wildman–Crippen MR) is 99.9 cm³/mol. The quantitative estimate of drug-likeness (QED) is 0.759. The fraction of sp³-hybridized carbons (Fsp3) is 0.667. The molecule has 4 nitrogen and oxygen atoms in total. The van der Waals surface area contributed by atoms with Crippen molar-refractivity contribution in [3.8, 4) is 6.07 Å². The van der Waals surface area contributed by atoms with Gasteiger partial charge in [-0.3, -0.25) is 0 Å². The predicted octanol–water partition coefficient (Wildman–Crippen LogP) is 3.35. The topological polar surface area (TPSA) is 67.5 Å². The molecule has 1 fully saturated rings. The number of rotatable bonds is 8. The van der Waals surface area contributed by atoms with E-state index in [-0.39, 0.29) is 19.1 Å². The number of benzene rings is 1. The molecule has 1 unspecified atom stereocenters. The Morgan fingerprint density at radius 3 is 2.36 bits per heavy atom. The van der Waals surface area contributed by atoms with Gasteiger partial charge in [0.05, 0.1) is 24.7 Å². The molecule has 138 valence electrons. The van der Waals surface area contributed by atoms with Crippen molar-refractivity contribution in [1.82, 2.24) is 4.90 Å². The minimum Gasteiger partial charge on any atom is -0.392 e. The highest BCUT2D eigenvalue weighted by atomic mass is 16.3. The highest BCUT2D eigenvalue weighted by Gasteiger charge is 2.36. The maximum Gasteiger partial charge on any atom is 0.0845 e. The van der Waals surface area contributed by atoms with E-state index < -0.39 is 5.41 Å². The average molecular weight is 344 g/mol. The lowest BCUT2D eigenvalue weighted by atomic mass is 9.69. The van der Waals surface area contributed by atoms with Crippen molar-refractivity contribution in [2.24, 2.45) is 5.92 Å². The first-order valence-corrected chi connectivity index (χ1v) is 9.55. The lowest BCUT2D eigenvalue weighted by Crippen LogP contribution is -2.34. The number of hydrogen-bond acceptors (Lipinski definition) is 4. The minimum atomic E-state index is -0.548. The molecule has 25 heavy (non-hydrogen) atoms. The molecule has 2 N–H and O–H groups in total. The number of aliphatic hydroxyl groups excluding tert-OH is 2. The first kappa shape index (κ1) is 19.9. The second-order valence-electron chi connectivity index (χ2n) is 7.54. The van der Waals surface area contributed by atoms with Crippen molar-refractivity contribution in [2.45, 2.75) is 64.6 Å². The molecule has 1 aliphatic rings. The van der Waals surface area contributed by atoms with Gasteiger partial charge in [0.1, 0.15) is 0 Å². The van der Waals surface area contributed by atoms with Crippen LogP contribution in [-0.2, 0) is 18.6 Å². The monoisotopic (exact) mass is 344 g/mol. The molecule has 0 amide bonds. The molecule has 0 aromatic heterocycles. The van der Waals surface area contributed by atoms with E-state index in [4.69, 9.17) is 0 Å². The number of aliphatic hydroxyl groups is 2. The number of nitriles is 1. The standard InChI is InChI=1S/C21H32N2O2/c1-17(2)21(16-22,9-6-12-23-10-4-3-5-11-23)20-8-7-18(14-24)19(13-20)15-25/h7-8,13,17,24-25H,3-6,9-12,14-15H2,1-2H3. The molecule has 1 aliphatic heterocycles. The van der Waals surface area contributed by atoms with Gasteiger partial charge >= 0.3 is 0 Å². The molecule has 0 spiro atoms. The summed E-state index contributed by atoms with van der Waals surface area (Å²) in [5.41, 5.74) is 1.87. The van der Waals surface area contributed by atoms with Crippen molar-refractivity contribution < 1.29 is 10.2 Å². The van der Waals surface area contributed by atoms with Gasteiger partial charge in [0.25, 0.3) is 0 Å². The Kier molecular flexibility index (Phi) is 7.43. The van der Waals surface area contributed by atoms with E-state index >= 15 is 0 Å². The normalized spacial score (nSPS) is 18.1. The van der Waals surface area contributed by atoms with E-state index in [0.29, 0.717) is 0 Å². The van der Waals surface area contributed by atoms with Gasteiger partial charge in [0.2, 0.25) is 0 Å². The van der Waals surface area contributed by atoms with Crippen LogP contribution in [0.4, 0.5) is 0 Å². The maximum absolute atomic E-state index is 10.1. The highest BCUT2D eigenvalue weighted by molar-refractivity contribution is 5.40. The van der Waals surface area contributed by atoms with Crippen LogP contribution >= 0.6 is 0 Å². The van der Waals surface area contributed by atoms with Gasteiger partial charge < -0.3 is 15.1 Å². The van der Waals surface area contributed by atoms with Crippen LogP contribution in [0.2, 0.25) is 0 Å². The fourth-order valence-corrected chi connectivity index (χ4v) is 3.99.